The third kappa shape index (κ3) is 2.27. The summed E-state index contributed by atoms with van der Waals surface area (Å²) in [6.45, 7) is 4.08. The molecule has 13 heavy (non-hydrogen) atoms. The minimum Gasteiger partial charge on any atom is -0.358 e. The summed E-state index contributed by atoms with van der Waals surface area (Å²) >= 11 is 0. The molecule has 0 aliphatic heterocycles. The first-order valence-electron chi connectivity index (χ1n) is 4.34. The molecule has 0 amide bonds. The third-order valence-electron chi connectivity index (χ3n) is 1.94. The Morgan fingerprint density at radius 2 is 2.46 bits per heavy atom. The second-order valence-electron chi connectivity index (χ2n) is 3.05. The van der Waals surface area contributed by atoms with Crippen molar-refractivity contribution in [1.29, 1.82) is 0 Å². The Morgan fingerprint density at radius 1 is 1.77 bits per heavy atom. The molecule has 0 radical (unpaired) electrons. The predicted octanol–water partition coefficient (Wildman–Crippen LogP) is 2.15. The van der Waals surface area contributed by atoms with Crippen LogP contribution in [0.25, 0.3) is 0 Å². The summed E-state index contributed by atoms with van der Waals surface area (Å²) in [6.07, 6.45) is 3.69. The van der Waals surface area contributed by atoms with E-state index in [1.54, 1.807) is 10.9 Å². The Hall–Kier alpha value is -1.39. The highest BCUT2D eigenvalue weighted by molar-refractivity contribution is 5.14. The minimum atomic E-state index is -0.477. The van der Waals surface area contributed by atoms with E-state index in [4.69, 9.17) is 0 Å². The van der Waals surface area contributed by atoms with E-state index in [1.165, 1.54) is 6.07 Å². The zero-order valence-corrected chi connectivity index (χ0v) is 7.80. The highest BCUT2D eigenvalue weighted by atomic mass is 16.6. The highest BCUT2D eigenvalue weighted by Gasteiger charge is 2.14. The summed E-state index contributed by atoms with van der Waals surface area (Å²) in [5.74, 6) is -0.0806. The van der Waals surface area contributed by atoms with Crippen LogP contribution >= 0.6 is 0 Å². The first-order chi connectivity index (χ1) is 6.15. The molecule has 1 rings (SSSR count). The number of hydrogen-bond donors (Lipinski definition) is 0. The molecule has 0 saturated carbocycles. The number of nitro groups is 1. The molecule has 5 nitrogen and oxygen atoms in total. The van der Waals surface area contributed by atoms with E-state index in [9.17, 15) is 10.1 Å². The fraction of sp³-hybridized carbons (Fsp3) is 0.625. The van der Waals surface area contributed by atoms with Gasteiger partial charge in [0.2, 0.25) is 0 Å². The Labute approximate surface area is 76.5 Å². The fourth-order valence-electron chi connectivity index (χ4n) is 1.22. The molecular formula is C8H13N3O2. The van der Waals surface area contributed by atoms with Crippen LogP contribution in [0.15, 0.2) is 12.3 Å². The third-order valence-corrected chi connectivity index (χ3v) is 1.94. The molecule has 72 valence electrons. The van der Waals surface area contributed by atoms with Crippen LogP contribution in [0.1, 0.15) is 32.7 Å². The molecule has 0 aliphatic rings. The lowest BCUT2D eigenvalue weighted by Gasteiger charge is -2.04. The average Bonchev–Trinajstić information content (AvgIpc) is 2.52. The summed E-state index contributed by atoms with van der Waals surface area (Å²) in [5.41, 5.74) is 0. The van der Waals surface area contributed by atoms with Gasteiger partial charge >= 0.3 is 5.82 Å². The van der Waals surface area contributed by atoms with Crippen molar-refractivity contribution in [1.82, 2.24) is 9.78 Å². The summed E-state index contributed by atoms with van der Waals surface area (Å²) in [7, 11) is 0. The van der Waals surface area contributed by atoms with Crippen LogP contribution in [0.5, 0.6) is 0 Å². The van der Waals surface area contributed by atoms with Crippen molar-refractivity contribution in [2.45, 2.75) is 32.7 Å². The van der Waals surface area contributed by atoms with Crippen LogP contribution in [0.3, 0.4) is 0 Å². The van der Waals surface area contributed by atoms with E-state index in [0.717, 1.165) is 12.8 Å². The lowest BCUT2D eigenvalue weighted by molar-refractivity contribution is -0.389. The zero-order chi connectivity index (χ0) is 9.84. The number of hydrogen-bond acceptors (Lipinski definition) is 3. The Kier molecular flexibility index (Phi) is 3.00. The van der Waals surface area contributed by atoms with Gasteiger partial charge in [-0.2, -0.15) is 4.68 Å². The summed E-state index contributed by atoms with van der Waals surface area (Å²) in [4.78, 5) is 9.85. The number of aromatic nitrogens is 2. The Bertz CT molecular complexity index is 295. The van der Waals surface area contributed by atoms with Crippen molar-refractivity contribution in [3.63, 3.8) is 0 Å². The quantitative estimate of drug-likeness (QED) is 0.530. The van der Waals surface area contributed by atoms with Crippen molar-refractivity contribution in [2.24, 2.45) is 0 Å². The lowest BCUT2D eigenvalue weighted by Crippen LogP contribution is -2.05. The van der Waals surface area contributed by atoms with Gasteiger partial charge < -0.3 is 10.1 Å². The molecule has 0 bridgehead atoms. The van der Waals surface area contributed by atoms with Gasteiger partial charge in [0, 0.05) is 0 Å². The largest absolute Gasteiger partial charge is 0.389 e. The minimum absolute atomic E-state index is 0.0806. The summed E-state index contributed by atoms with van der Waals surface area (Å²) < 4.78 is 1.64. The van der Waals surface area contributed by atoms with Crippen LogP contribution in [-0.2, 0) is 0 Å². The van der Waals surface area contributed by atoms with Crippen molar-refractivity contribution >= 4 is 5.82 Å². The van der Waals surface area contributed by atoms with Gasteiger partial charge in [0.25, 0.3) is 0 Å². The van der Waals surface area contributed by atoms with Gasteiger partial charge in [-0.05, 0) is 18.3 Å². The maximum absolute atomic E-state index is 10.3. The van der Waals surface area contributed by atoms with Crippen LogP contribution in [0.2, 0.25) is 0 Å². The van der Waals surface area contributed by atoms with Gasteiger partial charge in [-0.3, -0.25) is 0 Å². The predicted molar refractivity (Wildman–Crippen MR) is 48.5 cm³/mol. The van der Waals surface area contributed by atoms with E-state index >= 15 is 0 Å². The summed E-state index contributed by atoms with van der Waals surface area (Å²) in [6, 6.07) is 1.66. The average molecular weight is 183 g/mol. The maximum Gasteiger partial charge on any atom is 0.389 e. The molecule has 0 aliphatic carbocycles. The fourth-order valence-corrected chi connectivity index (χ4v) is 1.22. The smallest absolute Gasteiger partial charge is 0.358 e. The van der Waals surface area contributed by atoms with E-state index in [-0.39, 0.29) is 11.9 Å². The molecule has 5 heteroatoms. The van der Waals surface area contributed by atoms with Crippen LogP contribution in [0, 0.1) is 10.1 Å². The molecule has 0 saturated heterocycles. The maximum atomic E-state index is 10.3. The Balaban J connectivity index is 2.73. The van der Waals surface area contributed by atoms with E-state index < -0.39 is 4.92 Å². The SMILES string of the molecule is CCC[C@@H](C)n1ccc([N+](=O)[O-])n1. The van der Waals surface area contributed by atoms with Gasteiger partial charge in [0.15, 0.2) is 0 Å². The normalized spacial score (nSPS) is 12.8. The van der Waals surface area contributed by atoms with Crippen molar-refractivity contribution in [3.05, 3.63) is 22.4 Å². The standard InChI is InChI=1S/C8H13N3O2/c1-3-4-7(2)10-6-5-8(9-10)11(12)13/h5-7H,3-4H2,1-2H3/t7-/m1/s1. The molecule has 0 N–H and O–H groups in total. The van der Waals surface area contributed by atoms with Crippen molar-refractivity contribution < 1.29 is 4.92 Å². The molecule has 1 atom stereocenters. The zero-order valence-electron chi connectivity index (χ0n) is 7.80. The second-order valence-corrected chi connectivity index (χ2v) is 3.05. The first-order valence-corrected chi connectivity index (χ1v) is 4.34. The van der Waals surface area contributed by atoms with Gasteiger partial charge in [-0.1, -0.05) is 13.3 Å². The molecule has 0 fully saturated rings. The van der Waals surface area contributed by atoms with E-state index in [2.05, 4.69) is 12.0 Å². The monoisotopic (exact) mass is 183 g/mol. The summed E-state index contributed by atoms with van der Waals surface area (Å²) in [5, 5.41) is 14.2. The van der Waals surface area contributed by atoms with Crippen molar-refractivity contribution in [2.75, 3.05) is 0 Å². The van der Waals surface area contributed by atoms with E-state index in [0.29, 0.717) is 0 Å². The Morgan fingerprint density at radius 3 is 2.92 bits per heavy atom. The molecular weight excluding hydrogens is 170 g/mol. The molecule has 1 heterocycles. The first kappa shape index (κ1) is 9.70. The van der Waals surface area contributed by atoms with Crippen LogP contribution in [-0.4, -0.2) is 14.7 Å². The highest BCUT2D eigenvalue weighted by Crippen LogP contribution is 2.14. The van der Waals surface area contributed by atoms with Gasteiger partial charge in [0.1, 0.15) is 0 Å². The lowest BCUT2D eigenvalue weighted by atomic mass is 10.2. The van der Waals surface area contributed by atoms with Gasteiger partial charge in [-0.15, -0.1) is 0 Å². The topological polar surface area (TPSA) is 61.0 Å². The van der Waals surface area contributed by atoms with E-state index in [1.807, 2.05) is 6.92 Å². The molecule has 0 spiro atoms. The molecule has 1 aromatic rings. The number of rotatable bonds is 4. The molecule has 1 aromatic heterocycles. The van der Waals surface area contributed by atoms with Crippen LogP contribution < -0.4 is 0 Å². The van der Waals surface area contributed by atoms with Gasteiger partial charge in [0.05, 0.1) is 23.4 Å². The van der Waals surface area contributed by atoms with Crippen LogP contribution in [0.4, 0.5) is 5.82 Å². The molecule has 0 unspecified atom stereocenters. The van der Waals surface area contributed by atoms with Gasteiger partial charge in [-0.25, -0.2) is 0 Å². The number of nitrogens with zero attached hydrogens (tertiary/aromatic N) is 3. The molecule has 0 aromatic carbocycles. The second kappa shape index (κ2) is 4.02. The van der Waals surface area contributed by atoms with Crippen molar-refractivity contribution in [3.8, 4) is 0 Å².